The molecule has 0 spiro atoms. The van der Waals surface area contributed by atoms with E-state index in [0.717, 1.165) is 6.42 Å². The molecule has 2 aromatic rings. The summed E-state index contributed by atoms with van der Waals surface area (Å²) in [6.45, 7) is 0.623. The number of nitrogens with one attached hydrogen (secondary N) is 1. The SMILES string of the molecule is O=C(NCc1ccccc1F)[C@@H]1CCCN1C1=NS(=O)(=O)c2ccccc21. The number of carbonyl (C=O) groups is 1. The first-order chi connectivity index (χ1) is 13.0. The lowest BCUT2D eigenvalue weighted by Gasteiger charge is -2.25. The van der Waals surface area contributed by atoms with E-state index < -0.39 is 16.1 Å². The summed E-state index contributed by atoms with van der Waals surface area (Å²) in [5.41, 5.74) is 0.924. The number of halogens is 1. The quantitative estimate of drug-likeness (QED) is 0.874. The Morgan fingerprint density at radius 3 is 2.74 bits per heavy atom. The third-order valence-electron chi connectivity index (χ3n) is 4.85. The van der Waals surface area contributed by atoms with Crippen molar-refractivity contribution in [3.8, 4) is 0 Å². The molecule has 4 rings (SSSR count). The van der Waals surface area contributed by atoms with Crippen molar-refractivity contribution in [2.45, 2.75) is 30.3 Å². The zero-order valence-electron chi connectivity index (χ0n) is 14.4. The van der Waals surface area contributed by atoms with Gasteiger partial charge in [-0.3, -0.25) is 4.79 Å². The van der Waals surface area contributed by atoms with Gasteiger partial charge in [-0.2, -0.15) is 8.42 Å². The number of amidine groups is 1. The molecule has 1 amide bonds. The van der Waals surface area contributed by atoms with Crippen LogP contribution in [0, 0.1) is 5.82 Å². The van der Waals surface area contributed by atoms with E-state index in [2.05, 4.69) is 9.71 Å². The van der Waals surface area contributed by atoms with Gasteiger partial charge in [0.25, 0.3) is 10.0 Å². The Labute approximate surface area is 156 Å². The maximum atomic E-state index is 13.7. The number of sulfonamides is 1. The van der Waals surface area contributed by atoms with Crippen molar-refractivity contribution in [1.29, 1.82) is 0 Å². The zero-order valence-corrected chi connectivity index (χ0v) is 15.2. The van der Waals surface area contributed by atoms with Crippen molar-refractivity contribution >= 4 is 21.8 Å². The van der Waals surface area contributed by atoms with Crippen molar-refractivity contribution in [1.82, 2.24) is 10.2 Å². The molecule has 1 atom stereocenters. The number of rotatable bonds is 3. The highest BCUT2D eigenvalue weighted by atomic mass is 32.2. The van der Waals surface area contributed by atoms with Gasteiger partial charge < -0.3 is 10.2 Å². The normalized spacial score (nSPS) is 20.3. The van der Waals surface area contributed by atoms with Crippen LogP contribution in [0.25, 0.3) is 0 Å². The smallest absolute Gasteiger partial charge is 0.285 e. The van der Waals surface area contributed by atoms with Gasteiger partial charge in [-0.1, -0.05) is 30.3 Å². The van der Waals surface area contributed by atoms with Gasteiger partial charge in [-0.25, -0.2) is 4.39 Å². The summed E-state index contributed by atoms with van der Waals surface area (Å²) in [5, 5.41) is 2.75. The predicted molar refractivity (Wildman–Crippen MR) is 98.1 cm³/mol. The van der Waals surface area contributed by atoms with Gasteiger partial charge >= 0.3 is 0 Å². The number of carbonyl (C=O) groups excluding carboxylic acids is 1. The third kappa shape index (κ3) is 3.21. The van der Waals surface area contributed by atoms with Crippen molar-refractivity contribution < 1.29 is 17.6 Å². The molecule has 2 aliphatic heterocycles. The lowest BCUT2D eigenvalue weighted by molar-refractivity contribution is -0.124. The second-order valence-electron chi connectivity index (χ2n) is 6.55. The van der Waals surface area contributed by atoms with Crippen LogP contribution in [0.1, 0.15) is 24.0 Å². The number of benzene rings is 2. The molecule has 1 fully saturated rings. The minimum atomic E-state index is -3.74. The summed E-state index contributed by atoms with van der Waals surface area (Å²) >= 11 is 0. The fourth-order valence-electron chi connectivity index (χ4n) is 3.53. The zero-order chi connectivity index (χ0) is 19.0. The molecular formula is C19H18FN3O3S. The number of hydrogen-bond acceptors (Lipinski definition) is 4. The second kappa shape index (κ2) is 6.77. The van der Waals surface area contributed by atoms with E-state index in [0.29, 0.717) is 29.9 Å². The maximum Gasteiger partial charge on any atom is 0.285 e. The van der Waals surface area contributed by atoms with Crippen molar-refractivity contribution in [2.24, 2.45) is 4.40 Å². The van der Waals surface area contributed by atoms with Crippen LogP contribution in [-0.2, 0) is 21.4 Å². The van der Waals surface area contributed by atoms with E-state index in [4.69, 9.17) is 0 Å². The standard InChI is InChI=1S/C19H18FN3O3S/c20-15-8-3-1-6-13(15)12-21-19(24)16-9-5-11-23(16)18-14-7-2-4-10-17(14)27(25,26)22-18/h1-4,6-8,10,16H,5,9,11-12H2,(H,21,24)/t16-/m0/s1. The van der Waals surface area contributed by atoms with E-state index in [-0.39, 0.29) is 23.2 Å². The molecule has 1 N–H and O–H groups in total. The molecule has 27 heavy (non-hydrogen) atoms. The van der Waals surface area contributed by atoms with Gasteiger partial charge in [0.1, 0.15) is 16.8 Å². The van der Waals surface area contributed by atoms with E-state index in [1.165, 1.54) is 12.1 Å². The predicted octanol–water partition coefficient (Wildman–Crippen LogP) is 2.06. The summed E-state index contributed by atoms with van der Waals surface area (Å²) in [5.74, 6) is -0.323. The number of amides is 1. The molecule has 0 aliphatic carbocycles. The lowest BCUT2D eigenvalue weighted by atomic mass is 10.1. The molecule has 0 bridgehead atoms. The molecule has 2 aliphatic rings. The topological polar surface area (TPSA) is 78.8 Å². The fourth-order valence-corrected chi connectivity index (χ4v) is 4.75. The average Bonchev–Trinajstić information content (AvgIpc) is 3.24. The highest BCUT2D eigenvalue weighted by molar-refractivity contribution is 7.90. The van der Waals surface area contributed by atoms with Gasteiger partial charge in [-0.15, -0.1) is 4.40 Å². The Balaban J connectivity index is 1.55. The number of likely N-dealkylation sites (tertiary alicyclic amines) is 1. The fraction of sp³-hybridized carbons (Fsp3) is 0.263. The summed E-state index contributed by atoms with van der Waals surface area (Å²) in [4.78, 5) is 14.6. The largest absolute Gasteiger partial charge is 0.350 e. The summed E-state index contributed by atoms with van der Waals surface area (Å²) in [7, 11) is -3.74. The van der Waals surface area contributed by atoms with Crippen LogP contribution in [-0.4, -0.2) is 37.6 Å². The molecule has 8 heteroatoms. The van der Waals surface area contributed by atoms with Crippen LogP contribution >= 0.6 is 0 Å². The van der Waals surface area contributed by atoms with Crippen LogP contribution in [0.15, 0.2) is 57.8 Å². The van der Waals surface area contributed by atoms with Crippen LogP contribution < -0.4 is 5.32 Å². The summed E-state index contributed by atoms with van der Waals surface area (Å²) < 4.78 is 42.2. The Morgan fingerprint density at radius 1 is 1.19 bits per heavy atom. The lowest BCUT2D eigenvalue weighted by Crippen LogP contribution is -2.45. The average molecular weight is 387 g/mol. The molecule has 2 heterocycles. The van der Waals surface area contributed by atoms with E-state index in [1.54, 1.807) is 41.3 Å². The first-order valence-corrected chi connectivity index (χ1v) is 10.1. The van der Waals surface area contributed by atoms with E-state index in [9.17, 15) is 17.6 Å². The van der Waals surface area contributed by atoms with E-state index in [1.807, 2.05) is 0 Å². The Kier molecular flexibility index (Phi) is 4.43. The maximum absolute atomic E-state index is 13.7. The number of nitrogens with zero attached hydrogens (tertiary/aromatic N) is 2. The Bertz CT molecular complexity index is 1040. The molecule has 0 saturated carbocycles. The first kappa shape index (κ1) is 17.7. The molecule has 1 saturated heterocycles. The molecule has 140 valence electrons. The van der Waals surface area contributed by atoms with E-state index >= 15 is 0 Å². The van der Waals surface area contributed by atoms with Crippen LogP contribution in [0.4, 0.5) is 4.39 Å². The van der Waals surface area contributed by atoms with Crippen molar-refractivity contribution in [3.63, 3.8) is 0 Å². The van der Waals surface area contributed by atoms with Gasteiger partial charge in [0.2, 0.25) is 5.91 Å². The third-order valence-corrected chi connectivity index (χ3v) is 6.18. The molecule has 0 aromatic heterocycles. The van der Waals surface area contributed by atoms with Gasteiger partial charge in [0.15, 0.2) is 5.84 Å². The Hall–Kier alpha value is -2.74. The Morgan fingerprint density at radius 2 is 1.93 bits per heavy atom. The number of fused-ring (bicyclic) bond motifs is 1. The van der Waals surface area contributed by atoms with Crippen LogP contribution in [0.2, 0.25) is 0 Å². The summed E-state index contributed by atoms with van der Waals surface area (Å²) in [6, 6.07) is 12.4. The molecular weight excluding hydrogens is 369 g/mol. The second-order valence-corrected chi connectivity index (χ2v) is 8.12. The monoisotopic (exact) mass is 387 g/mol. The van der Waals surface area contributed by atoms with Crippen LogP contribution in [0.3, 0.4) is 0 Å². The first-order valence-electron chi connectivity index (χ1n) is 8.69. The van der Waals surface area contributed by atoms with Crippen LogP contribution in [0.5, 0.6) is 0 Å². The van der Waals surface area contributed by atoms with Crippen molar-refractivity contribution in [3.05, 3.63) is 65.5 Å². The highest BCUT2D eigenvalue weighted by Crippen LogP contribution is 2.31. The van der Waals surface area contributed by atoms with Gasteiger partial charge in [-0.05, 0) is 31.0 Å². The molecule has 2 aromatic carbocycles. The minimum absolute atomic E-state index is 0.0806. The van der Waals surface area contributed by atoms with Crippen molar-refractivity contribution in [2.75, 3.05) is 6.54 Å². The van der Waals surface area contributed by atoms with Gasteiger partial charge in [0.05, 0.1) is 0 Å². The highest BCUT2D eigenvalue weighted by Gasteiger charge is 2.39. The molecule has 6 nitrogen and oxygen atoms in total. The molecule has 0 unspecified atom stereocenters. The minimum Gasteiger partial charge on any atom is -0.350 e. The number of hydrogen-bond donors (Lipinski definition) is 1. The van der Waals surface area contributed by atoms with Gasteiger partial charge in [0, 0.05) is 24.2 Å². The summed E-state index contributed by atoms with van der Waals surface area (Å²) in [6.07, 6.45) is 1.34. The molecule has 0 radical (unpaired) electrons.